The molecule has 0 spiro atoms. The number of sulfonamides is 1. The van der Waals surface area contributed by atoms with E-state index in [9.17, 15) is 8.42 Å². The first-order chi connectivity index (χ1) is 8.75. The molecule has 6 heteroatoms. The fourth-order valence-corrected chi connectivity index (χ4v) is 3.96. The second-order valence-corrected chi connectivity index (χ2v) is 7.52. The average molecular weight is 283 g/mol. The molecule has 19 heavy (non-hydrogen) atoms. The molecule has 0 unspecified atom stereocenters. The highest BCUT2D eigenvalue weighted by Crippen LogP contribution is 2.27. The quantitative estimate of drug-likeness (QED) is 0.822. The molecule has 0 saturated carbocycles. The van der Waals surface area contributed by atoms with Crippen LogP contribution in [0.25, 0.3) is 0 Å². The van der Waals surface area contributed by atoms with Crippen molar-refractivity contribution in [1.29, 1.82) is 0 Å². The number of benzene rings is 1. The Morgan fingerprint density at radius 1 is 1.21 bits per heavy atom. The van der Waals surface area contributed by atoms with Crippen LogP contribution in [0.2, 0.25) is 0 Å². The maximum absolute atomic E-state index is 12.6. The number of piperazine rings is 1. The number of hydrogen-bond acceptors (Lipinski definition) is 4. The number of anilines is 1. The molecule has 0 amide bonds. The summed E-state index contributed by atoms with van der Waals surface area (Å²) in [5.41, 5.74) is 5.93. The highest BCUT2D eigenvalue weighted by molar-refractivity contribution is 7.89. The van der Waals surface area contributed by atoms with Crippen molar-refractivity contribution >= 4 is 15.7 Å². The molecule has 5 nitrogen and oxygen atoms in total. The minimum absolute atomic E-state index is 0.172. The lowest BCUT2D eigenvalue weighted by molar-refractivity contribution is 0.0802. The standard InChI is InChI=1S/C13H21N3O2S/c1-13(2)10-16(9-8-15(13)3)19(17,18)12-7-5-4-6-11(12)14/h4-7H,8-10,14H2,1-3H3. The third kappa shape index (κ3) is 2.61. The molecule has 1 heterocycles. The Balaban J connectivity index is 2.34. The topological polar surface area (TPSA) is 66.6 Å². The van der Waals surface area contributed by atoms with Crippen LogP contribution in [0.15, 0.2) is 29.2 Å². The van der Waals surface area contributed by atoms with Gasteiger partial charge in [-0.1, -0.05) is 12.1 Å². The SMILES string of the molecule is CN1CCN(S(=O)(=O)c2ccccc2N)CC1(C)C. The zero-order valence-electron chi connectivity index (χ0n) is 11.6. The molecule has 0 atom stereocenters. The van der Waals surface area contributed by atoms with Crippen LogP contribution >= 0.6 is 0 Å². The summed E-state index contributed by atoms with van der Waals surface area (Å²) in [7, 11) is -1.49. The molecule has 0 aromatic heterocycles. The van der Waals surface area contributed by atoms with Crippen LogP contribution in [-0.2, 0) is 10.0 Å². The second kappa shape index (κ2) is 4.77. The van der Waals surface area contributed by atoms with E-state index in [1.165, 1.54) is 4.31 Å². The molecular formula is C13H21N3O2S. The van der Waals surface area contributed by atoms with Gasteiger partial charge in [-0.25, -0.2) is 8.42 Å². The van der Waals surface area contributed by atoms with Crippen LogP contribution in [0.1, 0.15) is 13.8 Å². The summed E-state index contributed by atoms with van der Waals surface area (Å²) in [6.45, 7) is 5.78. The number of rotatable bonds is 2. The normalized spacial score (nSPS) is 21.4. The van der Waals surface area contributed by atoms with E-state index in [0.717, 1.165) is 6.54 Å². The minimum Gasteiger partial charge on any atom is -0.398 e. The van der Waals surface area contributed by atoms with E-state index in [-0.39, 0.29) is 10.4 Å². The first-order valence-corrected chi connectivity index (χ1v) is 7.75. The monoisotopic (exact) mass is 283 g/mol. The fourth-order valence-electron chi connectivity index (χ4n) is 2.26. The number of likely N-dealkylation sites (N-methyl/N-ethyl adjacent to an activating group) is 1. The highest BCUT2D eigenvalue weighted by atomic mass is 32.2. The summed E-state index contributed by atoms with van der Waals surface area (Å²) in [5, 5.41) is 0. The van der Waals surface area contributed by atoms with E-state index in [1.54, 1.807) is 24.3 Å². The van der Waals surface area contributed by atoms with Crippen molar-refractivity contribution in [3.63, 3.8) is 0 Å². The van der Waals surface area contributed by atoms with Crippen molar-refractivity contribution in [2.45, 2.75) is 24.3 Å². The molecule has 2 N–H and O–H groups in total. The predicted molar refractivity (Wildman–Crippen MR) is 76.3 cm³/mol. The summed E-state index contributed by atoms with van der Waals surface area (Å²) in [6, 6.07) is 6.62. The summed E-state index contributed by atoms with van der Waals surface area (Å²) in [6.07, 6.45) is 0. The largest absolute Gasteiger partial charge is 0.398 e. The predicted octanol–water partition coefficient (Wildman–Crippen LogP) is 0.983. The van der Waals surface area contributed by atoms with Crippen LogP contribution in [0.5, 0.6) is 0 Å². The summed E-state index contributed by atoms with van der Waals surface area (Å²) in [4.78, 5) is 2.38. The van der Waals surface area contributed by atoms with Crippen LogP contribution in [0.3, 0.4) is 0 Å². The van der Waals surface area contributed by atoms with Crippen molar-refractivity contribution in [2.75, 3.05) is 32.4 Å². The van der Waals surface area contributed by atoms with Crippen LogP contribution in [0, 0.1) is 0 Å². The van der Waals surface area contributed by atoms with Crippen molar-refractivity contribution in [3.8, 4) is 0 Å². The molecule has 1 saturated heterocycles. The molecule has 0 bridgehead atoms. The van der Waals surface area contributed by atoms with Crippen LogP contribution in [-0.4, -0.2) is 49.8 Å². The molecule has 2 rings (SSSR count). The molecule has 0 aliphatic carbocycles. The Labute approximate surface area is 115 Å². The summed E-state index contributed by atoms with van der Waals surface area (Å²) >= 11 is 0. The van der Waals surface area contributed by atoms with Gasteiger partial charge in [-0.2, -0.15) is 4.31 Å². The maximum atomic E-state index is 12.6. The Bertz CT molecular complexity index is 569. The van der Waals surface area contributed by atoms with E-state index in [1.807, 2.05) is 20.9 Å². The van der Waals surface area contributed by atoms with Gasteiger partial charge in [-0.3, -0.25) is 4.90 Å². The minimum atomic E-state index is -3.51. The highest BCUT2D eigenvalue weighted by Gasteiger charge is 2.37. The van der Waals surface area contributed by atoms with Gasteiger partial charge in [0.15, 0.2) is 0 Å². The lowest BCUT2D eigenvalue weighted by Gasteiger charge is -2.44. The van der Waals surface area contributed by atoms with Gasteiger partial charge in [0.1, 0.15) is 4.90 Å². The van der Waals surface area contributed by atoms with Gasteiger partial charge in [0, 0.05) is 25.2 Å². The molecule has 1 fully saturated rings. The number of para-hydroxylation sites is 1. The summed E-state index contributed by atoms with van der Waals surface area (Å²) in [5.74, 6) is 0. The van der Waals surface area contributed by atoms with Gasteiger partial charge in [0.25, 0.3) is 0 Å². The second-order valence-electron chi connectivity index (χ2n) is 5.61. The molecular weight excluding hydrogens is 262 g/mol. The Morgan fingerprint density at radius 3 is 2.42 bits per heavy atom. The smallest absolute Gasteiger partial charge is 0.245 e. The van der Waals surface area contributed by atoms with Gasteiger partial charge < -0.3 is 5.73 Å². The molecule has 1 aromatic carbocycles. The van der Waals surface area contributed by atoms with E-state index in [0.29, 0.717) is 18.8 Å². The number of nitrogens with two attached hydrogens (primary N) is 1. The molecule has 106 valence electrons. The van der Waals surface area contributed by atoms with Crippen LogP contribution in [0.4, 0.5) is 5.69 Å². The zero-order valence-corrected chi connectivity index (χ0v) is 12.4. The average Bonchev–Trinajstić information content (AvgIpc) is 2.32. The van der Waals surface area contributed by atoms with Gasteiger partial charge in [-0.05, 0) is 33.0 Å². The van der Waals surface area contributed by atoms with Gasteiger partial charge in [-0.15, -0.1) is 0 Å². The van der Waals surface area contributed by atoms with Crippen molar-refractivity contribution in [3.05, 3.63) is 24.3 Å². The van der Waals surface area contributed by atoms with Gasteiger partial charge in [0.2, 0.25) is 10.0 Å². The first kappa shape index (κ1) is 14.3. The molecule has 0 radical (unpaired) electrons. The number of nitrogens with zero attached hydrogens (tertiary/aromatic N) is 2. The summed E-state index contributed by atoms with van der Waals surface area (Å²) < 4.78 is 26.8. The van der Waals surface area contributed by atoms with Gasteiger partial charge >= 0.3 is 0 Å². The lowest BCUT2D eigenvalue weighted by Crippen LogP contribution is -2.58. The van der Waals surface area contributed by atoms with Crippen molar-refractivity contribution in [2.24, 2.45) is 0 Å². The van der Waals surface area contributed by atoms with E-state index < -0.39 is 10.0 Å². The van der Waals surface area contributed by atoms with E-state index in [4.69, 9.17) is 5.73 Å². The fraction of sp³-hybridized carbons (Fsp3) is 0.538. The molecule has 1 aliphatic heterocycles. The zero-order chi connectivity index (χ0) is 14.3. The number of nitrogen functional groups attached to an aromatic ring is 1. The first-order valence-electron chi connectivity index (χ1n) is 6.31. The Hall–Kier alpha value is -1.11. The Kier molecular flexibility index (Phi) is 3.59. The van der Waals surface area contributed by atoms with Gasteiger partial charge in [0.05, 0.1) is 5.69 Å². The van der Waals surface area contributed by atoms with E-state index in [2.05, 4.69) is 4.90 Å². The third-order valence-corrected chi connectivity index (χ3v) is 5.74. The molecule has 1 aromatic rings. The Morgan fingerprint density at radius 2 is 1.84 bits per heavy atom. The van der Waals surface area contributed by atoms with Crippen LogP contribution < -0.4 is 5.73 Å². The van der Waals surface area contributed by atoms with E-state index >= 15 is 0 Å². The molecule has 1 aliphatic rings. The third-order valence-electron chi connectivity index (χ3n) is 3.82. The van der Waals surface area contributed by atoms with Crippen molar-refractivity contribution < 1.29 is 8.42 Å². The maximum Gasteiger partial charge on any atom is 0.245 e. The lowest BCUT2D eigenvalue weighted by atomic mass is 10.0. The van der Waals surface area contributed by atoms with Crippen molar-refractivity contribution in [1.82, 2.24) is 9.21 Å². The number of hydrogen-bond donors (Lipinski definition) is 1.